The molecule has 0 unspecified atom stereocenters. The molecule has 0 radical (unpaired) electrons. The van der Waals surface area contributed by atoms with Crippen LogP contribution in [0.2, 0.25) is 0 Å². The van der Waals surface area contributed by atoms with Gasteiger partial charge in [-0.3, -0.25) is 9.78 Å². The summed E-state index contributed by atoms with van der Waals surface area (Å²) in [4.78, 5) is 19.8. The fraction of sp³-hybridized carbons (Fsp3) is 0.571. The first-order valence-electron chi connectivity index (χ1n) is 6.86. The first-order chi connectivity index (χ1) is 9.40. The van der Waals surface area contributed by atoms with Gasteiger partial charge in [-0.1, -0.05) is 13.8 Å². The molecule has 1 atom stereocenters. The number of nitrogens with one attached hydrogen (secondary N) is 2. The Morgan fingerprint density at radius 1 is 1.40 bits per heavy atom. The van der Waals surface area contributed by atoms with E-state index in [-0.39, 0.29) is 5.56 Å². The lowest BCUT2D eigenvalue weighted by molar-refractivity contribution is 0.230. The summed E-state index contributed by atoms with van der Waals surface area (Å²) in [5.41, 5.74) is 1.30. The number of nitrogens with zero attached hydrogens (tertiary/aromatic N) is 2. The van der Waals surface area contributed by atoms with Crippen LogP contribution in [0.1, 0.15) is 20.3 Å². The van der Waals surface area contributed by atoms with E-state index in [2.05, 4.69) is 42.8 Å². The molecule has 110 valence electrons. The van der Waals surface area contributed by atoms with Crippen LogP contribution in [0, 0.1) is 10.7 Å². The molecule has 2 rings (SSSR count). The summed E-state index contributed by atoms with van der Waals surface area (Å²) in [7, 11) is 4.16. The Kier molecular flexibility index (Phi) is 4.45. The van der Waals surface area contributed by atoms with Crippen molar-refractivity contribution in [2.24, 2.45) is 5.92 Å². The van der Waals surface area contributed by atoms with Crippen molar-refractivity contribution >= 4 is 23.3 Å². The predicted molar refractivity (Wildman–Crippen MR) is 84.7 cm³/mol. The third-order valence-electron chi connectivity index (χ3n) is 3.58. The maximum absolute atomic E-state index is 11.8. The van der Waals surface area contributed by atoms with E-state index < -0.39 is 0 Å². The molecule has 0 aliphatic heterocycles. The van der Waals surface area contributed by atoms with Crippen LogP contribution in [0.15, 0.2) is 17.1 Å². The standard InChI is InChI=1S/C14H22N4OS/c1-9(2)7-10(17(3)4)8-18-11-5-6-15-12(11)13(19)16-14(18)20/h5-6,9-10,15H,7-8H2,1-4H3,(H,16,19,20)/t10-/m0/s1. The predicted octanol–water partition coefficient (Wildman–Crippen LogP) is 2.36. The van der Waals surface area contributed by atoms with Gasteiger partial charge >= 0.3 is 0 Å². The van der Waals surface area contributed by atoms with Crippen LogP contribution >= 0.6 is 12.2 Å². The second-order valence-electron chi connectivity index (χ2n) is 5.85. The molecule has 2 aromatic rings. The molecule has 6 heteroatoms. The summed E-state index contributed by atoms with van der Waals surface area (Å²) in [5, 5.41) is 0. The van der Waals surface area contributed by atoms with E-state index >= 15 is 0 Å². The summed E-state index contributed by atoms with van der Waals surface area (Å²) in [6.45, 7) is 5.21. The lowest BCUT2D eigenvalue weighted by Gasteiger charge is -2.27. The number of hydrogen-bond donors (Lipinski definition) is 2. The second-order valence-corrected chi connectivity index (χ2v) is 6.24. The maximum Gasteiger partial charge on any atom is 0.276 e. The van der Waals surface area contributed by atoms with Crippen LogP contribution < -0.4 is 5.56 Å². The molecule has 0 aliphatic rings. The molecule has 0 fully saturated rings. The summed E-state index contributed by atoms with van der Waals surface area (Å²) >= 11 is 5.33. The summed E-state index contributed by atoms with van der Waals surface area (Å²) in [6, 6.07) is 2.29. The third kappa shape index (κ3) is 3.02. The van der Waals surface area contributed by atoms with Gasteiger partial charge in [-0.25, -0.2) is 0 Å². The van der Waals surface area contributed by atoms with Gasteiger partial charge in [-0.05, 0) is 44.7 Å². The first-order valence-corrected chi connectivity index (χ1v) is 7.27. The summed E-state index contributed by atoms with van der Waals surface area (Å²) < 4.78 is 2.49. The van der Waals surface area contributed by atoms with Gasteiger partial charge in [0.15, 0.2) is 4.77 Å². The van der Waals surface area contributed by atoms with E-state index in [1.165, 1.54) is 0 Å². The number of fused-ring (bicyclic) bond motifs is 1. The number of rotatable bonds is 5. The lowest BCUT2D eigenvalue weighted by Crippen LogP contribution is -2.34. The van der Waals surface area contributed by atoms with Crippen molar-refractivity contribution in [3.8, 4) is 0 Å². The van der Waals surface area contributed by atoms with E-state index in [1.54, 1.807) is 6.20 Å². The van der Waals surface area contributed by atoms with Crippen molar-refractivity contribution in [1.29, 1.82) is 0 Å². The van der Waals surface area contributed by atoms with Crippen molar-refractivity contribution < 1.29 is 0 Å². The highest BCUT2D eigenvalue weighted by Crippen LogP contribution is 2.15. The summed E-state index contributed by atoms with van der Waals surface area (Å²) in [5.74, 6) is 0.612. The zero-order valence-electron chi connectivity index (χ0n) is 12.4. The second kappa shape index (κ2) is 5.93. The van der Waals surface area contributed by atoms with Crippen LogP contribution in [0.25, 0.3) is 11.0 Å². The Morgan fingerprint density at radius 3 is 2.70 bits per heavy atom. The normalized spacial score (nSPS) is 13.5. The van der Waals surface area contributed by atoms with Gasteiger partial charge in [0.25, 0.3) is 5.56 Å². The van der Waals surface area contributed by atoms with E-state index in [9.17, 15) is 4.79 Å². The van der Waals surface area contributed by atoms with Gasteiger partial charge in [0.1, 0.15) is 5.52 Å². The number of aromatic nitrogens is 3. The van der Waals surface area contributed by atoms with Gasteiger partial charge in [0.05, 0.1) is 5.52 Å². The average molecular weight is 294 g/mol. The van der Waals surface area contributed by atoms with Crippen LogP contribution in [0.3, 0.4) is 0 Å². The zero-order valence-corrected chi connectivity index (χ0v) is 13.3. The Hall–Kier alpha value is -1.40. The highest BCUT2D eigenvalue weighted by atomic mass is 32.1. The van der Waals surface area contributed by atoms with E-state index in [1.807, 2.05) is 10.6 Å². The average Bonchev–Trinajstić information content (AvgIpc) is 2.81. The van der Waals surface area contributed by atoms with E-state index in [0.29, 0.717) is 22.2 Å². The largest absolute Gasteiger partial charge is 0.355 e. The monoisotopic (exact) mass is 294 g/mol. The van der Waals surface area contributed by atoms with Crippen molar-refractivity contribution in [2.75, 3.05) is 14.1 Å². The fourth-order valence-electron chi connectivity index (χ4n) is 2.49. The molecule has 20 heavy (non-hydrogen) atoms. The van der Waals surface area contributed by atoms with E-state index in [0.717, 1.165) is 18.5 Å². The maximum atomic E-state index is 11.8. The quantitative estimate of drug-likeness (QED) is 0.832. The van der Waals surface area contributed by atoms with Crippen LogP contribution in [0.5, 0.6) is 0 Å². The first kappa shape index (κ1) is 15.0. The topological polar surface area (TPSA) is 56.8 Å². The molecular formula is C14H22N4OS. The minimum atomic E-state index is -0.156. The van der Waals surface area contributed by atoms with Gasteiger partial charge in [-0.15, -0.1) is 0 Å². The molecule has 0 saturated carbocycles. The molecule has 2 aromatic heterocycles. The number of hydrogen-bond acceptors (Lipinski definition) is 3. The smallest absolute Gasteiger partial charge is 0.276 e. The Labute approximate surface area is 123 Å². The van der Waals surface area contributed by atoms with Crippen LogP contribution in [0.4, 0.5) is 0 Å². The fourth-order valence-corrected chi connectivity index (χ4v) is 2.75. The number of H-pyrrole nitrogens is 2. The zero-order chi connectivity index (χ0) is 14.9. The minimum absolute atomic E-state index is 0.156. The Bertz CT molecular complexity index is 695. The van der Waals surface area contributed by atoms with Crippen molar-refractivity contribution in [1.82, 2.24) is 19.4 Å². The molecule has 0 bridgehead atoms. The lowest BCUT2D eigenvalue weighted by atomic mass is 10.0. The molecule has 0 spiro atoms. The number of likely N-dealkylation sites (N-methyl/N-ethyl adjacent to an activating group) is 1. The van der Waals surface area contributed by atoms with Gasteiger partial charge in [0, 0.05) is 18.8 Å². The molecule has 0 saturated heterocycles. The Balaban J connectivity index is 2.44. The van der Waals surface area contributed by atoms with Crippen LogP contribution in [-0.2, 0) is 6.54 Å². The molecule has 2 N–H and O–H groups in total. The Morgan fingerprint density at radius 2 is 2.10 bits per heavy atom. The minimum Gasteiger partial charge on any atom is -0.355 e. The third-order valence-corrected chi connectivity index (χ3v) is 3.90. The van der Waals surface area contributed by atoms with Gasteiger partial charge < -0.3 is 14.5 Å². The molecule has 0 amide bonds. The molecular weight excluding hydrogens is 272 g/mol. The molecule has 5 nitrogen and oxygen atoms in total. The molecule has 0 aromatic carbocycles. The van der Waals surface area contributed by atoms with Crippen LogP contribution in [-0.4, -0.2) is 39.6 Å². The molecule has 2 heterocycles. The molecule has 0 aliphatic carbocycles. The van der Waals surface area contributed by atoms with Gasteiger partial charge in [-0.2, -0.15) is 0 Å². The SMILES string of the molecule is CC(C)C[C@@H](Cn1c(=S)[nH]c(=O)c2[nH]ccc21)N(C)C. The highest BCUT2D eigenvalue weighted by molar-refractivity contribution is 7.71. The van der Waals surface area contributed by atoms with Crippen molar-refractivity contribution in [3.63, 3.8) is 0 Å². The summed E-state index contributed by atoms with van der Waals surface area (Å²) in [6.07, 6.45) is 2.86. The van der Waals surface area contributed by atoms with Crippen molar-refractivity contribution in [3.05, 3.63) is 27.4 Å². The van der Waals surface area contributed by atoms with E-state index in [4.69, 9.17) is 12.2 Å². The highest BCUT2D eigenvalue weighted by Gasteiger charge is 2.16. The number of aromatic amines is 2. The van der Waals surface area contributed by atoms with Gasteiger partial charge in [0.2, 0.25) is 0 Å². The van der Waals surface area contributed by atoms with Crippen molar-refractivity contribution in [2.45, 2.75) is 32.9 Å².